The zero-order valence-electron chi connectivity index (χ0n) is 18.3. The predicted octanol–water partition coefficient (Wildman–Crippen LogP) is 5.95. The summed E-state index contributed by atoms with van der Waals surface area (Å²) in [6.45, 7) is -0.269. The first-order valence-corrected chi connectivity index (χ1v) is 12.4. The van der Waals surface area contributed by atoms with Crippen LogP contribution < -0.4 is 19.5 Å². The molecule has 0 unspecified atom stereocenters. The van der Waals surface area contributed by atoms with E-state index in [0.29, 0.717) is 33.6 Å². The molecular weight excluding hydrogens is 488 g/mol. The molecule has 9 heteroatoms. The largest absolute Gasteiger partial charge is 0.484 e. The van der Waals surface area contributed by atoms with Crippen LogP contribution in [0.15, 0.2) is 108 Å². The van der Waals surface area contributed by atoms with E-state index in [0.717, 1.165) is 0 Å². The number of hydrogen-bond acceptors (Lipinski definition) is 5. The lowest BCUT2D eigenvalue weighted by molar-refractivity contribution is -0.118. The van der Waals surface area contributed by atoms with Gasteiger partial charge in [0.1, 0.15) is 11.5 Å². The SMILES string of the molecule is O=C(COc1ccc(S(=O)(=O)Nc2ccc(Cl)cc2)cc1)Nc1ccccc1Oc1ccccc1. The van der Waals surface area contributed by atoms with E-state index in [4.69, 9.17) is 21.1 Å². The second-order valence-electron chi connectivity index (χ2n) is 7.33. The molecule has 0 aliphatic carbocycles. The van der Waals surface area contributed by atoms with Gasteiger partial charge in [-0.15, -0.1) is 0 Å². The number of halogens is 1. The minimum atomic E-state index is -3.79. The Kier molecular flexibility index (Phi) is 7.54. The van der Waals surface area contributed by atoms with Crippen molar-refractivity contribution in [1.29, 1.82) is 0 Å². The molecule has 4 aromatic rings. The van der Waals surface area contributed by atoms with Gasteiger partial charge >= 0.3 is 0 Å². The fourth-order valence-electron chi connectivity index (χ4n) is 3.06. The van der Waals surface area contributed by atoms with Gasteiger partial charge in [-0.2, -0.15) is 0 Å². The molecule has 0 aliphatic rings. The highest BCUT2D eigenvalue weighted by Crippen LogP contribution is 2.29. The minimum absolute atomic E-state index is 0.0521. The van der Waals surface area contributed by atoms with Crippen LogP contribution in [-0.2, 0) is 14.8 Å². The third-order valence-corrected chi connectivity index (χ3v) is 6.38. The second kappa shape index (κ2) is 10.9. The first-order chi connectivity index (χ1) is 16.9. The molecule has 0 aromatic heterocycles. The van der Waals surface area contributed by atoms with Crippen molar-refractivity contribution < 1.29 is 22.7 Å². The number of carbonyl (C=O) groups excluding carboxylic acids is 1. The number of para-hydroxylation sites is 3. The highest BCUT2D eigenvalue weighted by Gasteiger charge is 2.15. The van der Waals surface area contributed by atoms with Gasteiger partial charge in [0.15, 0.2) is 12.4 Å². The third kappa shape index (κ3) is 6.75. The molecule has 35 heavy (non-hydrogen) atoms. The summed E-state index contributed by atoms with van der Waals surface area (Å²) in [7, 11) is -3.79. The molecular formula is C26H21ClN2O5S. The molecule has 0 saturated carbocycles. The van der Waals surface area contributed by atoms with Gasteiger partial charge in [0.05, 0.1) is 10.6 Å². The van der Waals surface area contributed by atoms with Gasteiger partial charge in [-0.05, 0) is 72.8 Å². The van der Waals surface area contributed by atoms with Crippen LogP contribution in [0.5, 0.6) is 17.2 Å². The smallest absolute Gasteiger partial charge is 0.262 e. The van der Waals surface area contributed by atoms with Crippen LogP contribution in [0.25, 0.3) is 0 Å². The van der Waals surface area contributed by atoms with Crippen LogP contribution in [0.3, 0.4) is 0 Å². The zero-order valence-corrected chi connectivity index (χ0v) is 19.9. The fourth-order valence-corrected chi connectivity index (χ4v) is 4.24. The Bertz CT molecular complexity index is 1390. The first kappa shape index (κ1) is 24.1. The summed E-state index contributed by atoms with van der Waals surface area (Å²) in [6.07, 6.45) is 0. The van der Waals surface area contributed by atoms with Gasteiger partial charge in [0, 0.05) is 10.7 Å². The van der Waals surface area contributed by atoms with Crippen LogP contribution in [-0.4, -0.2) is 20.9 Å². The number of benzene rings is 4. The van der Waals surface area contributed by atoms with E-state index in [1.165, 1.54) is 24.3 Å². The van der Waals surface area contributed by atoms with E-state index in [1.54, 1.807) is 42.5 Å². The molecule has 4 aromatic carbocycles. The van der Waals surface area contributed by atoms with Crippen LogP contribution in [0.1, 0.15) is 0 Å². The van der Waals surface area contributed by atoms with E-state index in [2.05, 4.69) is 10.0 Å². The van der Waals surface area contributed by atoms with Crippen molar-refractivity contribution in [2.45, 2.75) is 4.90 Å². The Labute approximate surface area is 208 Å². The van der Waals surface area contributed by atoms with Crippen molar-refractivity contribution in [3.8, 4) is 17.2 Å². The van der Waals surface area contributed by atoms with Crippen molar-refractivity contribution in [3.05, 3.63) is 108 Å². The summed E-state index contributed by atoms with van der Waals surface area (Å²) < 4.78 is 39.0. The molecule has 7 nitrogen and oxygen atoms in total. The Hall–Kier alpha value is -4.01. The Morgan fingerprint density at radius 2 is 1.43 bits per heavy atom. The summed E-state index contributed by atoms with van der Waals surface area (Å²) in [4.78, 5) is 12.5. The van der Waals surface area contributed by atoms with Crippen LogP contribution in [0, 0.1) is 0 Å². The lowest BCUT2D eigenvalue weighted by Crippen LogP contribution is -2.20. The number of ether oxygens (including phenoxy) is 2. The van der Waals surface area contributed by atoms with E-state index in [9.17, 15) is 13.2 Å². The number of carbonyl (C=O) groups is 1. The Morgan fingerprint density at radius 1 is 0.771 bits per heavy atom. The average Bonchev–Trinajstić information content (AvgIpc) is 2.86. The molecule has 2 N–H and O–H groups in total. The Morgan fingerprint density at radius 3 is 2.14 bits per heavy atom. The standard InChI is InChI=1S/C26H21ClN2O5S/c27-19-10-12-20(13-11-19)29-35(31,32)23-16-14-21(15-17-23)33-18-26(30)28-24-8-4-5-9-25(24)34-22-6-2-1-3-7-22/h1-17,29H,18H2,(H,28,30). The van der Waals surface area contributed by atoms with Gasteiger partial charge in [-0.1, -0.05) is 41.9 Å². The van der Waals surface area contributed by atoms with E-state index < -0.39 is 15.9 Å². The maximum absolute atomic E-state index is 12.6. The topological polar surface area (TPSA) is 93.7 Å². The molecule has 4 rings (SSSR count). The van der Waals surface area contributed by atoms with Gasteiger partial charge < -0.3 is 14.8 Å². The maximum atomic E-state index is 12.6. The van der Waals surface area contributed by atoms with Crippen LogP contribution >= 0.6 is 11.6 Å². The van der Waals surface area contributed by atoms with E-state index in [-0.39, 0.29) is 11.5 Å². The van der Waals surface area contributed by atoms with Crippen LogP contribution in [0.4, 0.5) is 11.4 Å². The summed E-state index contributed by atoms with van der Waals surface area (Å²) >= 11 is 5.83. The predicted molar refractivity (Wildman–Crippen MR) is 136 cm³/mol. The summed E-state index contributed by atoms with van der Waals surface area (Å²) in [5, 5.41) is 3.27. The van der Waals surface area contributed by atoms with Crippen LogP contribution in [0.2, 0.25) is 5.02 Å². The number of hydrogen-bond donors (Lipinski definition) is 2. The highest BCUT2D eigenvalue weighted by molar-refractivity contribution is 7.92. The maximum Gasteiger partial charge on any atom is 0.262 e. The number of rotatable bonds is 9. The molecule has 178 valence electrons. The summed E-state index contributed by atoms with van der Waals surface area (Å²) in [5.41, 5.74) is 0.891. The summed E-state index contributed by atoms with van der Waals surface area (Å²) in [5.74, 6) is 1.09. The molecule has 0 aliphatic heterocycles. The van der Waals surface area contributed by atoms with Gasteiger partial charge in [0.2, 0.25) is 0 Å². The van der Waals surface area contributed by atoms with Gasteiger partial charge in [-0.3, -0.25) is 9.52 Å². The van der Waals surface area contributed by atoms with Crippen molar-refractivity contribution in [2.75, 3.05) is 16.6 Å². The van der Waals surface area contributed by atoms with Crippen molar-refractivity contribution in [2.24, 2.45) is 0 Å². The zero-order chi connectivity index (χ0) is 24.7. The van der Waals surface area contributed by atoms with Crippen molar-refractivity contribution >= 4 is 38.9 Å². The lowest BCUT2D eigenvalue weighted by atomic mass is 10.3. The molecule has 0 heterocycles. The molecule has 0 spiro atoms. The van der Waals surface area contributed by atoms with E-state index in [1.807, 2.05) is 36.4 Å². The molecule has 0 radical (unpaired) electrons. The second-order valence-corrected chi connectivity index (χ2v) is 9.45. The normalized spacial score (nSPS) is 10.9. The number of sulfonamides is 1. The molecule has 0 saturated heterocycles. The Balaban J connectivity index is 1.34. The quantitative estimate of drug-likeness (QED) is 0.291. The molecule has 0 atom stereocenters. The minimum Gasteiger partial charge on any atom is -0.484 e. The first-order valence-electron chi connectivity index (χ1n) is 10.5. The number of amides is 1. The molecule has 0 fully saturated rings. The lowest BCUT2D eigenvalue weighted by Gasteiger charge is -2.13. The average molecular weight is 509 g/mol. The molecule has 0 bridgehead atoms. The summed E-state index contributed by atoms with van der Waals surface area (Å²) in [6, 6.07) is 28.4. The van der Waals surface area contributed by atoms with Gasteiger partial charge in [-0.25, -0.2) is 8.42 Å². The van der Waals surface area contributed by atoms with Crippen molar-refractivity contribution in [1.82, 2.24) is 0 Å². The third-order valence-electron chi connectivity index (χ3n) is 4.73. The molecule has 1 amide bonds. The monoisotopic (exact) mass is 508 g/mol. The highest BCUT2D eigenvalue weighted by atomic mass is 35.5. The van der Waals surface area contributed by atoms with Gasteiger partial charge in [0.25, 0.3) is 15.9 Å². The fraction of sp³-hybridized carbons (Fsp3) is 0.0385. The number of nitrogens with one attached hydrogen (secondary N) is 2. The number of anilines is 2. The van der Waals surface area contributed by atoms with Crippen molar-refractivity contribution in [3.63, 3.8) is 0 Å². The van der Waals surface area contributed by atoms with E-state index >= 15 is 0 Å².